The number of hydrogen-bond donors (Lipinski definition) is 0. The normalized spacial score (nSPS) is 18.2. The van der Waals surface area contributed by atoms with E-state index in [-0.39, 0.29) is 17.8 Å². The fourth-order valence-corrected chi connectivity index (χ4v) is 6.36. The van der Waals surface area contributed by atoms with Crippen LogP contribution in [0.5, 0.6) is 0 Å². The molecule has 3 heterocycles. The smallest absolute Gasteiger partial charge is 0.233 e. The number of amides is 1. The molecule has 37 heavy (non-hydrogen) atoms. The Morgan fingerprint density at radius 2 is 1.68 bits per heavy atom. The van der Waals surface area contributed by atoms with Crippen LogP contribution < -0.4 is 0 Å². The highest BCUT2D eigenvalue weighted by atomic mass is 32.2. The molecule has 0 spiro atoms. The molecule has 2 aliphatic rings. The van der Waals surface area contributed by atoms with Crippen LogP contribution in [0.2, 0.25) is 0 Å². The van der Waals surface area contributed by atoms with Gasteiger partial charge in [0.2, 0.25) is 5.91 Å². The van der Waals surface area contributed by atoms with Crippen LogP contribution in [0.3, 0.4) is 0 Å². The highest BCUT2D eigenvalue weighted by Gasteiger charge is 2.27. The van der Waals surface area contributed by atoms with Crippen molar-refractivity contribution in [2.75, 3.05) is 31.9 Å². The number of carbonyl (C=O) groups is 1. The van der Waals surface area contributed by atoms with Crippen molar-refractivity contribution in [1.29, 1.82) is 0 Å². The van der Waals surface area contributed by atoms with Gasteiger partial charge in [0.15, 0.2) is 11.0 Å². The van der Waals surface area contributed by atoms with Crippen molar-refractivity contribution in [2.24, 2.45) is 5.92 Å². The minimum atomic E-state index is -0.275. The Bertz CT molecular complexity index is 1150. The number of likely N-dealkylation sites (tertiary alicyclic amines) is 2. The van der Waals surface area contributed by atoms with E-state index in [1.807, 2.05) is 9.47 Å². The van der Waals surface area contributed by atoms with E-state index >= 15 is 0 Å². The van der Waals surface area contributed by atoms with Crippen molar-refractivity contribution < 1.29 is 9.18 Å². The maximum Gasteiger partial charge on any atom is 0.233 e. The van der Waals surface area contributed by atoms with Gasteiger partial charge in [0.1, 0.15) is 5.82 Å². The SMILES string of the molecule is CC(c1nnc(SCC(=O)N2CCC(Cc3ccccc3)CC2)n1-c1ccc(F)cc1)N1CCCCC1. The summed E-state index contributed by atoms with van der Waals surface area (Å²) in [6.07, 6.45) is 6.79. The number of piperidine rings is 2. The van der Waals surface area contributed by atoms with Crippen LogP contribution in [0.25, 0.3) is 5.69 Å². The van der Waals surface area contributed by atoms with Gasteiger partial charge in [-0.3, -0.25) is 14.3 Å². The molecule has 1 amide bonds. The number of rotatable bonds is 8. The lowest BCUT2D eigenvalue weighted by atomic mass is 9.90. The van der Waals surface area contributed by atoms with Crippen LogP contribution in [0, 0.1) is 11.7 Å². The molecular weight excluding hydrogens is 485 g/mol. The van der Waals surface area contributed by atoms with Gasteiger partial charge in [-0.25, -0.2) is 4.39 Å². The van der Waals surface area contributed by atoms with Crippen LogP contribution in [0.4, 0.5) is 4.39 Å². The number of nitrogens with zero attached hydrogens (tertiary/aromatic N) is 5. The summed E-state index contributed by atoms with van der Waals surface area (Å²) < 4.78 is 15.7. The molecule has 2 saturated heterocycles. The van der Waals surface area contributed by atoms with Crippen LogP contribution >= 0.6 is 11.8 Å². The topological polar surface area (TPSA) is 54.3 Å². The third-order valence-corrected chi connectivity index (χ3v) is 8.63. The van der Waals surface area contributed by atoms with E-state index in [9.17, 15) is 9.18 Å². The van der Waals surface area contributed by atoms with Crippen molar-refractivity contribution in [3.8, 4) is 5.69 Å². The van der Waals surface area contributed by atoms with Crippen LogP contribution in [-0.2, 0) is 11.2 Å². The molecule has 6 nitrogen and oxygen atoms in total. The molecular formula is C29H36FN5OS. The molecule has 2 fully saturated rings. The zero-order valence-electron chi connectivity index (χ0n) is 21.6. The molecule has 0 bridgehead atoms. The molecule has 8 heteroatoms. The summed E-state index contributed by atoms with van der Waals surface area (Å²) in [6.45, 7) is 5.85. The average Bonchev–Trinajstić information content (AvgIpc) is 3.37. The Hall–Kier alpha value is -2.71. The van der Waals surface area contributed by atoms with Crippen molar-refractivity contribution in [3.05, 3.63) is 71.8 Å². The van der Waals surface area contributed by atoms with Crippen LogP contribution in [0.15, 0.2) is 59.8 Å². The third kappa shape index (κ3) is 6.41. The largest absolute Gasteiger partial charge is 0.342 e. The highest BCUT2D eigenvalue weighted by molar-refractivity contribution is 7.99. The molecule has 0 N–H and O–H groups in total. The first-order chi connectivity index (χ1) is 18.1. The second-order valence-corrected chi connectivity index (χ2v) is 11.2. The first kappa shape index (κ1) is 25.9. The van der Waals surface area contributed by atoms with Crippen molar-refractivity contribution >= 4 is 17.7 Å². The Labute approximate surface area is 223 Å². The van der Waals surface area contributed by atoms with Crippen molar-refractivity contribution in [1.82, 2.24) is 24.6 Å². The molecule has 1 unspecified atom stereocenters. The first-order valence-corrected chi connectivity index (χ1v) is 14.5. The molecule has 3 aromatic rings. The first-order valence-electron chi connectivity index (χ1n) is 13.5. The fraction of sp³-hybridized carbons (Fsp3) is 0.483. The number of carbonyl (C=O) groups excluding carboxylic acids is 1. The Morgan fingerprint density at radius 1 is 0.973 bits per heavy atom. The monoisotopic (exact) mass is 521 g/mol. The quantitative estimate of drug-likeness (QED) is 0.365. The van der Waals surface area contributed by atoms with Crippen molar-refractivity contribution in [3.63, 3.8) is 0 Å². The van der Waals surface area contributed by atoms with Gasteiger partial charge >= 0.3 is 0 Å². The summed E-state index contributed by atoms with van der Waals surface area (Å²) in [5, 5.41) is 9.73. The molecule has 5 rings (SSSR count). The Balaban J connectivity index is 1.24. The van der Waals surface area contributed by atoms with E-state index in [2.05, 4.69) is 52.4 Å². The summed E-state index contributed by atoms with van der Waals surface area (Å²) in [5.74, 6) is 1.65. The molecule has 2 aliphatic heterocycles. The van der Waals surface area contributed by atoms with Gasteiger partial charge in [-0.1, -0.05) is 48.5 Å². The maximum atomic E-state index is 13.7. The van der Waals surface area contributed by atoms with E-state index in [4.69, 9.17) is 0 Å². The second-order valence-electron chi connectivity index (χ2n) is 10.2. The van der Waals surface area contributed by atoms with E-state index in [1.165, 1.54) is 48.7 Å². The molecule has 1 atom stereocenters. The molecule has 2 aromatic carbocycles. The molecule has 0 saturated carbocycles. The Morgan fingerprint density at radius 3 is 2.38 bits per heavy atom. The Kier molecular flexibility index (Phi) is 8.56. The third-order valence-electron chi connectivity index (χ3n) is 7.71. The van der Waals surface area contributed by atoms with Gasteiger partial charge in [0.25, 0.3) is 0 Å². The number of aromatic nitrogens is 3. The van der Waals surface area contributed by atoms with Crippen LogP contribution in [-0.4, -0.2) is 62.4 Å². The lowest BCUT2D eigenvalue weighted by Gasteiger charge is -2.32. The van der Waals surface area contributed by atoms with Gasteiger partial charge < -0.3 is 4.90 Å². The summed E-state index contributed by atoms with van der Waals surface area (Å²) in [6, 6.07) is 17.1. The van der Waals surface area contributed by atoms with E-state index in [0.29, 0.717) is 16.8 Å². The number of benzene rings is 2. The molecule has 0 aliphatic carbocycles. The summed E-state index contributed by atoms with van der Waals surface area (Å²) >= 11 is 1.42. The van der Waals surface area contributed by atoms with Gasteiger partial charge in [-0.2, -0.15) is 0 Å². The van der Waals surface area contributed by atoms with Crippen molar-refractivity contribution in [2.45, 2.75) is 56.6 Å². The molecule has 196 valence electrons. The minimum absolute atomic E-state index is 0.0894. The molecule has 1 aromatic heterocycles. The highest BCUT2D eigenvalue weighted by Crippen LogP contribution is 2.30. The van der Waals surface area contributed by atoms with Gasteiger partial charge in [-0.15, -0.1) is 10.2 Å². The predicted octanol–water partition coefficient (Wildman–Crippen LogP) is 5.53. The minimum Gasteiger partial charge on any atom is -0.342 e. The number of halogens is 1. The van der Waals surface area contributed by atoms with Gasteiger partial charge in [0, 0.05) is 18.8 Å². The van der Waals surface area contributed by atoms with E-state index < -0.39 is 0 Å². The summed E-state index contributed by atoms with van der Waals surface area (Å²) in [7, 11) is 0. The maximum absolute atomic E-state index is 13.7. The number of thioether (sulfide) groups is 1. The average molecular weight is 522 g/mol. The van der Waals surface area contributed by atoms with E-state index in [1.54, 1.807) is 12.1 Å². The lowest BCUT2D eigenvalue weighted by molar-refractivity contribution is -0.129. The lowest BCUT2D eigenvalue weighted by Crippen LogP contribution is -2.39. The zero-order chi connectivity index (χ0) is 25.6. The van der Waals surface area contributed by atoms with E-state index in [0.717, 1.165) is 57.0 Å². The van der Waals surface area contributed by atoms with Crippen LogP contribution in [0.1, 0.15) is 56.5 Å². The molecule has 0 radical (unpaired) electrons. The predicted molar refractivity (Wildman–Crippen MR) is 145 cm³/mol. The van der Waals surface area contributed by atoms with Gasteiger partial charge in [0.05, 0.1) is 11.8 Å². The number of hydrogen-bond acceptors (Lipinski definition) is 5. The fourth-order valence-electron chi connectivity index (χ4n) is 5.50. The zero-order valence-corrected chi connectivity index (χ0v) is 22.4. The summed E-state index contributed by atoms with van der Waals surface area (Å²) in [4.78, 5) is 17.5. The summed E-state index contributed by atoms with van der Waals surface area (Å²) in [5.41, 5.74) is 2.19. The second kappa shape index (κ2) is 12.2. The standard InChI is InChI=1S/C29H36FN5OS/c1-22(33-16-6-3-7-17-33)28-31-32-29(35(28)26-12-10-25(30)11-13-26)37-21-27(36)34-18-14-24(15-19-34)20-23-8-4-2-5-9-23/h2,4-5,8-13,22,24H,3,6-7,14-21H2,1H3. The van der Waals surface area contributed by atoms with Gasteiger partial charge in [-0.05, 0) is 87.9 Å².